The van der Waals surface area contributed by atoms with Crippen LogP contribution in [0.15, 0.2) is 23.3 Å². The van der Waals surface area contributed by atoms with Crippen molar-refractivity contribution in [2.45, 2.75) is 156 Å². The van der Waals surface area contributed by atoms with Crippen LogP contribution in [0.2, 0.25) is 0 Å². The van der Waals surface area contributed by atoms with Gasteiger partial charge < -0.3 is 29.9 Å². The van der Waals surface area contributed by atoms with E-state index >= 15 is 0 Å². The molecular formula is C37H62O6. The fraction of sp³-hybridized carbons (Fsp3) is 0.892. The zero-order chi connectivity index (χ0) is 31.7. The van der Waals surface area contributed by atoms with Crippen molar-refractivity contribution in [3.63, 3.8) is 0 Å². The van der Waals surface area contributed by atoms with Crippen LogP contribution in [0.1, 0.15) is 120 Å². The quantitative estimate of drug-likeness (QED) is 0.235. The second-order valence-electron chi connectivity index (χ2n) is 16.9. The van der Waals surface area contributed by atoms with Crippen LogP contribution in [0.3, 0.4) is 0 Å². The van der Waals surface area contributed by atoms with Gasteiger partial charge in [-0.05, 0) is 110 Å². The van der Waals surface area contributed by atoms with E-state index in [1.165, 1.54) is 37.7 Å². The third-order valence-corrected chi connectivity index (χ3v) is 14.3. The Morgan fingerprint density at radius 1 is 0.907 bits per heavy atom. The van der Waals surface area contributed by atoms with E-state index in [4.69, 9.17) is 9.47 Å². The molecule has 5 rings (SSSR count). The minimum absolute atomic E-state index is 0.120. The van der Waals surface area contributed by atoms with Gasteiger partial charge in [-0.1, -0.05) is 78.7 Å². The van der Waals surface area contributed by atoms with Crippen molar-refractivity contribution in [1.82, 2.24) is 0 Å². The van der Waals surface area contributed by atoms with Crippen LogP contribution >= 0.6 is 0 Å². The lowest BCUT2D eigenvalue weighted by atomic mass is 9.43. The van der Waals surface area contributed by atoms with Gasteiger partial charge in [0, 0.05) is 0 Å². The van der Waals surface area contributed by atoms with E-state index in [1.807, 2.05) is 0 Å². The molecular weight excluding hydrogens is 540 g/mol. The minimum Gasteiger partial charge on any atom is -0.394 e. The van der Waals surface area contributed by atoms with Crippen LogP contribution in [-0.4, -0.2) is 63.8 Å². The van der Waals surface area contributed by atoms with E-state index in [1.54, 1.807) is 11.1 Å². The number of aliphatic hydroxyl groups excluding tert-OH is 4. The summed E-state index contributed by atoms with van der Waals surface area (Å²) in [6.45, 7) is 23.4. The summed E-state index contributed by atoms with van der Waals surface area (Å²) in [7, 11) is 0. The van der Waals surface area contributed by atoms with Gasteiger partial charge in [-0.15, -0.1) is 0 Å². The molecule has 6 nitrogen and oxygen atoms in total. The van der Waals surface area contributed by atoms with E-state index in [0.29, 0.717) is 23.2 Å². The first-order chi connectivity index (χ1) is 20.0. The molecule has 0 aromatic carbocycles. The smallest absolute Gasteiger partial charge is 0.186 e. The summed E-state index contributed by atoms with van der Waals surface area (Å²) >= 11 is 0. The molecule has 0 amide bonds. The van der Waals surface area contributed by atoms with Crippen molar-refractivity contribution in [2.24, 2.45) is 45.3 Å². The van der Waals surface area contributed by atoms with Gasteiger partial charge in [0.25, 0.3) is 0 Å². The summed E-state index contributed by atoms with van der Waals surface area (Å²) in [5, 5.41) is 41.0. The van der Waals surface area contributed by atoms with Crippen LogP contribution in [0.25, 0.3) is 0 Å². The van der Waals surface area contributed by atoms with Crippen molar-refractivity contribution >= 4 is 0 Å². The molecule has 12 atom stereocenters. The Hall–Kier alpha value is -0.760. The van der Waals surface area contributed by atoms with Crippen molar-refractivity contribution in [1.29, 1.82) is 0 Å². The van der Waals surface area contributed by atoms with E-state index in [2.05, 4.69) is 62.0 Å². The maximum atomic E-state index is 10.7. The first kappa shape index (κ1) is 33.6. The summed E-state index contributed by atoms with van der Waals surface area (Å²) < 4.78 is 12.2. The van der Waals surface area contributed by atoms with Crippen LogP contribution < -0.4 is 0 Å². The van der Waals surface area contributed by atoms with E-state index in [9.17, 15) is 20.4 Å². The van der Waals surface area contributed by atoms with Gasteiger partial charge in [-0.3, -0.25) is 0 Å². The molecule has 6 heteroatoms. The Morgan fingerprint density at radius 3 is 2.26 bits per heavy atom. The van der Waals surface area contributed by atoms with E-state index < -0.39 is 37.3 Å². The highest BCUT2D eigenvalue weighted by atomic mass is 16.7. The number of allylic oxidation sites excluding steroid dienone is 3. The molecule has 4 aliphatic carbocycles. The normalized spacial score (nSPS) is 46.7. The van der Waals surface area contributed by atoms with Gasteiger partial charge in [-0.25, -0.2) is 0 Å². The van der Waals surface area contributed by atoms with Gasteiger partial charge in [-0.2, -0.15) is 0 Å². The molecule has 1 heterocycles. The highest BCUT2D eigenvalue weighted by Crippen LogP contribution is 2.72. The highest BCUT2D eigenvalue weighted by Gasteiger charge is 2.63. The number of aliphatic hydroxyl groups is 4. The van der Waals surface area contributed by atoms with Crippen molar-refractivity contribution in [3.8, 4) is 0 Å². The molecule has 0 bridgehead atoms. The van der Waals surface area contributed by atoms with Gasteiger partial charge in [0.15, 0.2) is 6.29 Å². The molecule has 246 valence electrons. The first-order valence-corrected chi connectivity index (χ1v) is 17.4. The molecule has 0 radical (unpaired) electrons. The Balaban J connectivity index is 1.35. The van der Waals surface area contributed by atoms with Gasteiger partial charge in [0.1, 0.15) is 24.4 Å². The van der Waals surface area contributed by atoms with Crippen LogP contribution in [0.5, 0.6) is 0 Å². The number of ether oxygens (including phenoxy) is 2. The Labute approximate surface area is 261 Å². The topological polar surface area (TPSA) is 99.4 Å². The number of hydrogen-bond acceptors (Lipinski definition) is 6. The number of rotatable bonds is 8. The molecule has 43 heavy (non-hydrogen) atoms. The lowest BCUT2D eigenvalue weighted by Crippen LogP contribution is -2.61. The Kier molecular flexibility index (Phi) is 9.22. The SMILES string of the molecule is C=C(CC[C@@H](C)[C@H]1CC[C@@]2(C)C3=C(CC[C@]12C)[C@@]1(C)CC[C@H](O[C@@H]2O[C@H](CO)[C@@H](O)[C@H](O)C2O)C(C)(C)[C@@H]1CC3)C(C)C. The third-order valence-electron chi connectivity index (χ3n) is 14.3. The maximum absolute atomic E-state index is 10.7. The fourth-order valence-electron chi connectivity index (χ4n) is 11.1. The average molecular weight is 603 g/mol. The molecule has 1 aliphatic heterocycles. The predicted octanol–water partition coefficient (Wildman–Crippen LogP) is 6.55. The van der Waals surface area contributed by atoms with Crippen LogP contribution in [0.4, 0.5) is 0 Å². The minimum atomic E-state index is -1.42. The summed E-state index contributed by atoms with van der Waals surface area (Å²) in [4.78, 5) is 0. The Bertz CT molecular complexity index is 1080. The molecule has 2 saturated carbocycles. The fourth-order valence-corrected chi connectivity index (χ4v) is 11.1. The number of hydrogen-bond donors (Lipinski definition) is 4. The van der Waals surface area contributed by atoms with Crippen LogP contribution in [0, 0.1) is 45.3 Å². The molecule has 4 N–H and O–H groups in total. The monoisotopic (exact) mass is 602 g/mol. The predicted molar refractivity (Wildman–Crippen MR) is 170 cm³/mol. The first-order valence-electron chi connectivity index (χ1n) is 17.4. The van der Waals surface area contributed by atoms with Crippen molar-refractivity contribution < 1.29 is 29.9 Å². The molecule has 5 aliphatic rings. The van der Waals surface area contributed by atoms with Gasteiger partial charge in [0.05, 0.1) is 12.7 Å². The molecule has 3 fully saturated rings. The molecule has 1 unspecified atom stereocenters. The Morgan fingerprint density at radius 2 is 1.60 bits per heavy atom. The average Bonchev–Trinajstić information content (AvgIpc) is 3.24. The molecule has 0 spiro atoms. The summed E-state index contributed by atoms with van der Waals surface area (Å²) in [5.74, 6) is 2.48. The summed E-state index contributed by atoms with van der Waals surface area (Å²) in [5.41, 5.74) is 5.47. The molecule has 1 saturated heterocycles. The lowest BCUT2D eigenvalue weighted by Gasteiger charge is -2.63. The third kappa shape index (κ3) is 5.23. The molecule has 0 aromatic heterocycles. The lowest BCUT2D eigenvalue weighted by molar-refractivity contribution is -0.325. The van der Waals surface area contributed by atoms with Crippen molar-refractivity contribution in [3.05, 3.63) is 23.3 Å². The van der Waals surface area contributed by atoms with E-state index in [-0.39, 0.29) is 22.3 Å². The second kappa shape index (κ2) is 11.8. The zero-order valence-electron chi connectivity index (χ0n) is 28.4. The van der Waals surface area contributed by atoms with Crippen LogP contribution in [-0.2, 0) is 9.47 Å². The van der Waals surface area contributed by atoms with Gasteiger partial charge >= 0.3 is 0 Å². The second-order valence-corrected chi connectivity index (χ2v) is 16.9. The zero-order valence-corrected chi connectivity index (χ0v) is 28.4. The largest absolute Gasteiger partial charge is 0.394 e. The number of fused-ring (bicyclic) bond motifs is 4. The highest BCUT2D eigenvalue weighted by molar-refractivity contribution is 5.38. The standard InChI is InChI=1S/C37H62O6/c1-21(2)22(3)10-11-23(4)24-14-18-37(9)26-12-13-28-34(5,6)29(16-17-35(28,7)25(26)15-19-36(24,37)8)43-33-32(41)31(40)30(39)27(20-38)42-33/h21,23-24,27-33,38-41H,3,10-20H2,1-2,4-9H3/t23-,24-,27-,28+,29+,30-,31+,32?,33+,35-,36-,37+/m1/s1. The van der Waals surface area contributed by atoms with Crippen molar-refractivity contribution in [2.75, 3.05) is 6.61 Å². The summed E-state index contributed by atoms with van der Waals surface area (Å²) in [6, 6.07) is 0. The summed E-state index contributed by atoms with van der Waals surface area (Å²) in [6.07, 6.45) is 5.35. The van der Waals surface area contributed by atoms with Gasteiger partial charge in [0.2, 0.25) is 0 Å². The maximum Gasteiger partial charge on any atom is 0.186 e. The van der Waals surface area contributed by atoms with E-state index in [0.717, 1.165) is 38.0 Å². The molecule has 0 aromatic rings.